The zero-order valence-electron chi connectivity index (χ0n) is 14.5. The van der Waals surface area contributed by atoms with Crippen LogP contribution >= 0.6 is 0 Å². The van der Waals surface area contributed by atoms with E-state index >= 15 is 0 Å². The number of ether oxygens (including phenoxy) is 1. The lowest BCUT2D eigenvalue weighted by atomic mass is 9.89. The first-order valence-corrected chi connectivity index (χ1v) is 9.46. The molecule has 4 rings (SSSR count). The monoisotopic (exact) mass is 342 g/mol. The zero-order valence-corrected chi connectivity index (χ0v) is 14.5. The number of piperidine rings is 1. The number of primary amides is 1. The van der Waals surface area contributed by atoms with Gasteiger partial charge in [-0.25, -0.2) is 0 Å². The van der Waals surface area contributed by atoms with Crippen molar-refractivity contribution in [2.75, 3.05) is 13.1 Å². The lowest BCUT2D eigenvalue weighted by molar-refractivity contribution is -0.130. The molecule has 5 heteroatoms. The van der Waals surface area contributed by atoms with Crippen molar-refractivity contribution in [2.45, 2.75) is 56.7 Å². The minimum atomic E-state index is -0.421. The molecule has 0 unspecified atom stereocenters. The fourth-order valence-electron chi connectivity index (χ4n) is 4.22. The average Bonchev–Trinajstić information content (AvgIpc) is 3.37. The van der Waals surface area contributed by atoms with Crippen LogP contribution < -0.4 is 5.73 Å². The third-order valence-electron chi connectivity index (χ3n) is 5.90. The van der Waals surface area contributed by atoms with Gasteiger partial charge in [-0.05, 0) is 68.1 Å². The predicted molar refractivity (Wildman–Crippen MR) is 94.1 cm³/mol. The van der Waals surface area contributed by atoms with Crippen molar-refractivity contribution < 1.29 is 14.3 Å². The summed E-state index contributed by atoms with van der Waals surface area (Å²) in [4.78, 5) is 26.0. The zero-order chi connectivity index (χ0) is 17.4. The molecule has 1 aromatic carbocycles. The van der Waals surface area contributed by atoms with Crippen molar-refractivity contribution in [2.24, 2.45) is 11.7 Å². The molecule has 0 radical (unpaired) electrons. The molecule has 1 aromatic rings. The summed E-state index contributed by atoms with van der Waals surface area (Å²) in [5.74, 6) is 0.872. The topological polar surface area (TPSA) is 72.6 Å². The highest BCUT2D eigenvalue weighted by Gasteiger charge is 2.36. The second kappa shape index (κ2) is 6.79. The summed E-state index contributed by atoms with van der Waals surface area (Å²) >= 11 is 0. The van der Waals surface area contributed by atoms with E-state index in [1.807, 2.05) is 17.0 Å². The van der Waals surface area contributed by atoms with E-state index in [0.717, 1.165) is 44.3 Å². The van der Waals surface area contributed by atoms with Crippen LogP contribution in [0.2, 0.25) is 0 Å². The number of likely N-dealkylation sites (tertiary alicyclic amines) is 1. The van der Waals surface area contributed by atoms with E-state index < -0.39 is 6.10 Å². The van der Waals surface area contributed by atoms with Crippen LogP contribution in [0.25, 0.3) is 0 Å². The highest BCUT2D eigenvalue weighted by molar-refractivity contribution is 5.94. The SMILES string of the molecule is NC(=O)[C@H]1CC[C@@H](C2CCN(C(=O)c3cccc(C4CC4)c3)CC2)O1. The molecule has 1 saturated carbocycles. The standard InChI is InChI=1S/C20H26N2O3/c21-19(23)18-7-6-17(25-18)14-8-10-22(11-9-14)20(24)16-3-1-2-15(12-16)13-4-5-13/h1-3,12-14,17-18H,4-11H2,(H2,21,23)/t17-,18+/m0/s1. The van der Waals surface area contributed by atoms with Crippen LogP contribution in [0.3, 0.4) is 0 Å². The Morgan fingerprint density at radius 2 is 1.80 bits per heavy atom. The van der Waals surface area contributed by atoms with Gasteiger partial charge in [0, 0.05) is 18.7 Å². The molecule has 0 aromatic heterocycles. The van der Waals surface area contributed by atoms with Crippen LogP contribution in [0.15, 0.2) is 24.3 Å². The largest absolute Gasteiger partial charge is 0.367 e. The molecule has 1 aliphatic carbocycles. The van der Waals surface area contributed by atoms with Gasteiger partial charge in [0.15, 0.2) is 0 Å². The molecule has 3 aliphatic rings. The summed E-state index contributed by atoms with van der Waals surface area (Å²) in [5.41, 5.74) is 7.45. The van der Waals surface area contributed by atoms with Crippen LogP contribution in [-0.2, 0) is 9.53 Å². The molecule has 2 amide bonds. The number of rotatable bonds is 4. The van der Waals surface area contributed by atoms with Gasteiger partial charge in [0.2, 0.25) is 5.91 Å². The molecule has 0 bridgehead atoms. The maximum Gasteiger partial charge on any atom is 0.253 e. The second-order valence-electron chi connectivity index (χ2n) is 7.67. The van der Waals surface area contributed by atoms with Gasteiger partial charge in [-0.3, -0.25) is 9.59 Å². The Hall–Kier alpha value is -1.88. The fourth-order valence-corrected chi connectivity index (χ4v) is 4.22. The van der Waals surface area contributed by atoms with Crippen molar-refractivity contribution in [1.29, 1.82) is 0 Å². The molecule has 3 fully saturated rings. The predicted octanol–water partition coefficient (Wildman–Crippen LogP) is 2.45. The van der Waals surface area contributed by atoms with Crippen molar-refractivity contribution in [3.8, 4) is 0 Å². The molecule has 25 heavy (non-hydrogen) atoms. The molecule has 2 saturated heterocycles. The summed E-state index contributed by atoms with van der Waals surface area (Å²) in [7, 11) is 0. The molecule has 2 N–H and O–H groups in total. The Bertz CT molecular complexity index is 663. The van der Waals surface area contributed by atoms with Gasteiger partial charge in [-0.15, -0.1) is 0 Å². The molecule has 2 aliphatic heterocycles. The third-order valence-corrected chi connectivity index (χ3v) is 5.90. The van der Waals surface area contributed by atoms with Crippen LogP contribution in [0.1, 0.15) is 60.4 Å². The van der Waals surface area contributed by atoms with E-state index in [0.29, 0.717) is 11.8 Å². The van der Waals surface area contributed by atoms with Gasteiger partial charge in [0.1, 0.15) is 6.10 Å². The first-order valence-electron chi connectivity index (χ1n) is 9.46. The Morgan fingerprint density at radius 3 is 2.44 bits per heavy atom. The van der Waals surface area contributed by atoms with Crippen LogP contribution in [0.4, 0.5) is 0 Å². The first kappa shape index (κ1) is 16.6. The van der Waals surface area contributed by atoms with Crippen LogP contribution in [-0.4, -0.2) is 42.0 Å². The van der Waals surface area contributed by atoms with Crippen LogP contribution in [0.5, 0.6) is 0 Å². The van der Waals surface area contributed by atoms with Crippen molar-refractivity contribution in [3.63, 3.8) is 0 Å². The Kier molecular flexibility index (Phi) is 4.50. The minimum Gasteiger partial charge on any atom is -0.367 e. The van der Waals surface area contributed by atoms with Gasteiger partial charge in [0.25, 0.3) is 5.91 Å². The Morgan fingerprint density at radius 1 is 1.04 bits per heavy atom. The smallest absolute Gasteiger partial charge is 0.253 e. The minimum absolute atomic E-state index is 0.118. The third kappa shape index (κ3) is 3.56. The van der Waals surface area contributed by atoms with Gasteiger partial charge in [0.05, 0.1) is 6.10 Å². The number of hydrogen-bond donors (Lipinski definition) is 1. The van der Waals surface area contributed by atoms with E-state index in [4.69, 9.17) is 10.5 Å². The maximum absolute atomic E-state index is 12.8. The molecule has 2 atom stereocenters. The highest BCUT2D eigenvalue weighted by atomic mass is 16.5. The second-order valence-corrected chi connectivity index (χ2v) is 7.67. The van der Waals surface area contributed by atoms with E-state index in [9.17, 15) is 9.59 Å². The lowest BCUT2D eigenvalue weighted by Gasteiger charge is -2.34. The first-order chi connectivity index (χ1) is 12.1. The van der Waals surface area contributed by atoms with Crippen LogP contribution in [0, 0.1) is 5.92 Å². The van der Waals surface area contributed by atoms with Crippen molar-refractivity contribution in [1.82, 2.24) is 4.90 Å². The number of benzene rings is 1. The Labute approximate surface area is 148 Å². The molecule has 2 heterocycles. The van der Waals surface area contributed by atoms with Gasteiger partial charge in [-0.2, -0.15) is 0 Å². The summed E-state index contributed by atoms with van der Waals surface area (Å²) in [6.07, 6.45) is 5.69. The summed E-state index contributed by atoms with van der Waals surface area (Å²) < 4.78 is 5.81. The lowest BCUT2D eigenvalue weighted by Crippen LogP contribution is -2.41. The number of nitrogens with zero attached hydrogens (tertiary/aromatic N) is 1. The van der Waals surface area contributed by atoms with Gasteiger partial charge in [-0.1, -0.05) is 12.1 Å². The normalized spacial score (nSPS) is 27.4. The van der Waals surface area contributed by atoms with E-state index in [1.54, 1.807) is 0 Å². The molecule has 134 valence electrons. The summed E-state index contributed by atoms with van der Waals surface area (Å²) in [6, 6.07) is 8.14. The van der Waals surface area contributed by atoms with Crippen molar-refractivity contribution >= 4 is 11.8 Å². The fraction of sp³-hybridized carbons (Fsp3) is 0.600. The average molecular weight is 342 g/mol. The van der Waals surface area contributed by atoms with E-state index in [1.165, 1.54) is 18.4 Å². The molecular weight excluding hydrogens is 316 g/mol. The molecular formula is C20H26N2O3. The van der Waals surface area contributed by atoms with E-state index in [2.05, 4.69) is 12.1 Å². The number of carbonyl (C=O) groups excluding carboxylic acids is 2. The number of hydrogen-bond acceptors (Lipinski definition) is 3. The number of nitrogens with two attached hydrogens (primary N) is 1. The quantitative estimate of drug-likeness (QED) is 0.913. The van der Waals surface area contributed by atoms with E-state index in [-0.39, 0.29) is 17.9 Å². The number of amides is 2. The van der Waals surface area contributed by atoms with Crippen molar-refractivity contribution in [3.05, 3.63) is 35.4 Å². The Balaban J connectivity index is 1.33. The van der Waals surface area contributed by atoms with Gasteiger partial charge >= 0.3 is 0 Å². The highest BCUT2D eigenvalue weighted by Crippen LogP contribution is 2.40. The summed E-state index contributed by atoms with van der Waals surface area (Å²) in [6.45, 7) is 1.52. The summed E-state index contributed by atoms with van der Waals surface area (Å²) in [5, 5.41) is 0. The van der Waals surface area contributed by atoms with Gasteiger partial charge < -0.3 is 15.4 Å². The molecule has 0 spiro atoms. The number of carbonyl (C=O) groups is 2. The molecule has 5 nitrogen and oxygen atoms in total. The maximum atomic E-state index is 12.8.